The maximum atomic E-state index is 11.0. The Morgan fingerprint density at radius 3 is 2.17 bits per heavy atom. The lowest BCUT2D eigenvalue weighted by atomic mass is 10.3. The van der Waals surface area contributed by atoms with Gasteiger partial charge in [0.05, 0.1) is 15.6 Å². The Morgan fingerprint density at radius 2 is 1.78 bits per heavy atom. The molecule has 0 aliphatic rings. The molecule has 0 unspecified atom stereocenters. The molecule has 5 nitrogen and oxygen atoms in total. The van der Waals surface area contributed by atoms with Gasteiger partial charge >= 0.3 is 11.9 Å². The van der Waals surface area contributed by atoms with Crippen LogP contribution in [0.25, 0.3) is 0 Å². The third-order valence-corrected chi connectivity index (χ3v) is 3.64. The first kappa shape index (κ1) is 22.0. The Balaban J connectivity index is 0.000000468. The van der Waals surface area contributed by atoms with Crippen LogP contribution in [0.3, 0.4) is 0 Å². The fourth-order valence-corrected chi connectivity index (χ4v) is 3.45. The first-order valence-electron chi connectivity index (χ1n) is 6.15. The number of aliphatic hydroxyl groups is 1. The zero-order valence-electron chi connectivity index (χ0n) is 12.3. The lowest BCUT2D eigenvalue weighted by Crippen LogP contribution is -2.08. The summed E-state index contributed by atoms with van der Waals surface area (Å²) in [5, 5.41) is 8.19. The van der Waals surface area contributed by atoms with Crippen LogP contribution in [-0.2, 0) is 14.3 Å². The van der Waals surface area contributed by atoms with Crippen LogP contribution in [0.15, 0.2) is 50.4 Å². The summed E-state index contributed by atoms with van der Waals surface area (Å²) in [4.78, 5) is 21.4. The number of rotatable bonds is 5. The Hall–Kier alpha value is -0.960. The topological polar surface area (TPSA) is 72.8 Å². The molecule has 0 atom stereocenters. The van der Waals surface area contributed by atoms with E-state index in [1.165, 1.54) is 0 Å². The predicted octanol–water partition coefficient (Wildman–Crippen LogP) is 4.16. The molecule has 0 saturated heterocycles. The second-order valence-electron chi connectivity index (χ2n) is 3.96. The Morgan fingerprint density at radius 1 is 1.26 bits per heavy atom. The molecule has 1 aromatic rings. The fourth-order valence-electron chi connectivity index (χ4n) is 1.03. The first-order valence-corrected chi connectivity index (χ1v) is 8.53. The molecule has 23 heavy (non-hydrogen) atoms. The van der Waals surface area contributed by atoms with Gasteiger partial charge in [0.1, 0.15) is 6.61 Å². The molecule has 8 heteroatoms. The first-order chi connectivity index (χ1) is 10.7. The third-order valence-electron chi connectivity index (χ3n) is 2.01. The lowest BCUT2D eigenvalue weighted by molar-refractivity contribution is -0.139. The predicted molar refractivity (Wildman–Crippen MR) is 98.2 cm³/mol. The minimum atomic E-state index is -0.492. The molecule has 0 spiro atoms. The normalized spacial score (nSPS) is 9.26. The van der Waals surface area contributed by atoms with Gasteiger partial charge < -0.3 is 14.6 Å². The average Bonchev–Trinajstić information content (AvgIpc) is 2.48. The van der Waals surface area contributed by atoms with Gasteiger partial charge in [0.2, 0.25) is 0 Å². The van der Waals surface area contributed by atoms with Crippen LogP contribution in [-0.4, -0.2) is 30.3 Å². The minimum absolute atomic E-state index is 0.0473. The SMILES string of the molecule is C=C(C)C(=O)OCCO.C=CC(=O)Oc1c(Br)cc(Br)cc1Br. The maximum absolute atomic E-state index is 11.0. The highest BCUT2D eigenvalue weighted by molar-refractivity contribution is 9.11. The van der Waals surface area contributed by atoms with Crippen molar-refractivity contribution in [3.05, 3.63) is 50.4 Å². The highest BCUT2D eigenvalue weighted by Crippen LogP contribution is 2.36. The maximum Gasteiger partial charge on any atom is 0.335 e. The monoisotopic (exact) mass is 512 g/mol. The summed E-state index contributed by atoms with van der Waals surface area (Å²) in [6.45, 7) is 8.13. The number of hydrogen-bond donors (Lipinski definition) is 1. The molecule has 0 radical (unpaired) electrons. The van der Waals surface area contributed by atoms with Crippen molar-refractivity contribution in [2.45, 2.75) is 6.92 Å². The minimum Gasteiger partial charge on any atom is -0.460 e. The number of aliphatic hydroxyl groups excluding tert-OH is 1. The van der Waals surface area contributed by atoms with Crippen molar-refractivity contribution >= 4 is 59.7 Å². The quantitative estimate of drug-likeness (QED) is 0.363. The van der Waals surface area contributed by atoms with Crippen molar-refractivity contribution in [3.63, 3.8) is 0 Å². The summed E-state index contributed by atoms with van der Waals surface area (Å²) in [6, 6.07) is 3.58. The average molecular weight is 515 g/mol. The van der Waals surface area contributed by atoms with Crippen LogP contribution >= 0.6 is 47.8 Å². The van der Waals surface area contributed by atoms with E-state index in [-0.39, 0.29) is 13.2 Å². The summed E-state index contributed by atoms with van der Waals surface area (Å²) in [5.41, 5.74) is 0.350. The number of carbonyl (C=O) groups excluding carboxylic acids is 2. The van der Waals surface area contributed by atoms with E-state index >= 15 is 0 Å². The fraction of sp³-hybridized carbons (Fsp3) is 0.200. The van der Waals surface area contributed by atoms with Crippen molar-refractivity contribution < 1.29 is 24.2 Å². The van der Waals surface area contributed by atoms with Crippen LogP contribution in [0.5, 0.6) is 5.75 Å². The largest absolute Gasteiger partial charge is 0.460 e. The molecule has 0 saturated carbocycles. The van der Waals surface area contributed by atoms with Gasteiger partial charge in [0.15, 0.2) is 5.75 Å². The van der Waals surface area contributed by atoms with Crippen molar-refractivity contribution in [1.82, 2.24) is 0 Å². The number of ether oxygens (including phenoxy) is 2. The van der Waals surface area contributed by atoms with E-state index in [0.717, 1.165) is 10.5 Å². The van der Waals surface area contributed by atoms with E-state index in [4.69, 9.17) is 9.84 Å². The molecule has 0 amide bonds. The van der Waals surface area contributed by atoms with Gasteiger partial charge in [0.25, 0.3) is 0 Å². The van der Waals surface area contributed by atoms with Gasteiger partial charge in [-0.1, -0.05) is 29.1 Å². The molecular formula is C15H15Br3O5. The van der Waals surface area contributed by atoms with Crippen LogP contribution in [0, 0.1) is 0 Å². The molecule has 1 aromatic carbocycles. The van der Waals surface area contributed by atoms with E-state index in [0.29, 0.717) is 20.3 Å². The van der Waals surface area contributed by atoms with Crippen LogP contribution in [0.4, 0.5) is 0 Å². The van der Waals surface area contributed by atoms with Gasteiger partial charge in [-0.15, -0.1) is 0 Å². The molecule has 0 aliphatic carbocycles. The van der Waals surface area contributed by atoms with Gasteiger partial charge in [0, 0.05) is 16.1 Å². The van der Waals surface area contributed by atoms with E-state index in [9.17, 15) is 9.59 Å². The number of esters is 2. The van der Waals surface area contributed by atoms with E-state index < -0.39 is 11.9 Å². The number of halogens is 3. The molecule has 1 N–H and O–H groups in total. The number of carbonyl (C=O) groups is 2. The molecule has 1 rings (SSSR count). The summed E-state index contributed by atoms with van der Waals surface area (Å²) in [6.07, 6.45) is 1.11. The summed E-state index contributed by atoms with van der Waals surface area (Å²) >= 11 is 9.88. The van der Waals surface area contributed by atoms with Crippen LogP contribution in [0.1, 0.15) is 6.92 Å². The molecule has 0 aliphatic heterocycles. The highest BCUT2D eigenvalue weighted by Gasteiger charge is 2.10. The van der Waals surface area contributed by atoms with Crippen LogP contribution in [0.2, 0.25) is 0 Å². The van der Waals surface area contributed by atoms with Crippen molar-refractivity contribution in [2.24, 2.45) is 0 Å². The summed E-state index contributed by atoms with van der Waals surface area (Å²) < 4.78 is 11.7. The number of benzene rings is 1. The molecule has 0 aromatic heterocycles. The second-order valence-corrected chi connectivity index (χ2v) is 6.59. The Kier molecular flexibility index (Phi) is 11.1. The molecule has 126 valence electrons. The molecule has 0 heterocycles. The Labute approximate surface area is 159 Å². The zero-order chi connectivity index (χ0) is 18.0. The van der Waals surface area contributed by atoms with Crippen molar-refractivity contribution in [2.75, 3.05) is 13.2 Å². The van der Waals surface area contributed by atoms with E-state index in [2.05, 4.69) is 65.7 Å². The van der Waals surface area contributed by atoms with E-state index in [1.807, 2.05) is 0 Å². The zero-order valence-corrected chi connectivity index (χ0v) is 17.0. The molecular weight excluding hydrogens is 500 g/mol. The smallest absolute Gasteiger partial charge is 0.335 e. The second kappa shape index (κ2) is 11.6. The van der Waals surface area contributed by atoms with Crippen LogP contribution < -0.4 is 4.74 Å². The molecule has 0 bridgehead atoms. The standard InChI is InChI=1S/C9H5Br3O2.C6H10O3/c1-2-8(13)14-9-6(11)3-5(10)4-7(9)12;1-5(2)6(8)9-4-3-7/h2-4H,1H2;7H,1,3-4H2,2H3. The van der Waals surface area contributed by atoms with Gasteiger partial charge in [-0.05, 0) is 50.9 Å². The summed E-state index contributed by atoms with van der Waals surface area (Å²) in [5.74, 6) is -0.504. The van der Waals surface area contributed by atoms with Gasteiger partial charge in [-0.3, -0.25) is 0 Å². The lowest BCUT2D eigenvalue weighted by Gasteiger charge is -2.06. The van der Waals surface area contributed by atoms with Crippen molar-refractivity contribution in [3.8, 4) is 5.75 Å². The van der Waals surface area contributed by atoms with E-state index in [1.54, 1.807) is 19.1 Å². The Bertz CT molecular complexity index is 576. The van der Waals surface area contributed by atoms with Gasteiger partial charge in [-0.2, -0.15) is 0 Å². The van der Waals surface area contributed by atoms with Crippen molar-refractivity contribution in [1.29, 1.82) is 0 Å². The third kappa shape index (κ3) is 9.04. The summed E-state index contributed by atoms with van der Waals surface area (Å²) in [7, 11) is 0. The highest BCUT2D eigenvalue weighted by atomic mass is 79.9. The molecule has 0 fully saturated rings. The van der Waals surface area contributed by atoms with Gasteiger partial charge in [-0.25, -0.2) is 9.59 Å². The number of hydrogen-bond acceptors (Lipinski definition) is 5.